The van der Waals surface area contributed by atoms with Crippen LogP contribution in [0.4, 0.5) is 0 Å². The zero-order valence-electron chi connectivity index (χ0n) is 10.3. The molecule has 1 aliphatic carbocycles. The summed E-state index contributed by atoms with van der Waals surface area (Å²) in [6, 6.07) is 5.97. The van der Waals surface area contributed by atoms with Gasteiger partial charge in [0.2, 0.25) is 0 Å². The minimum absolute atomic E-state index is 0.261. The number of ketones is 1. The molecule has 0 saturated heterocycles. The van der Waals surface area contributed by atoms with Crippen molar-refractivity contribution in [3.63, 3.8) is 0 Å². The van der Waals surface area contributed by atoms with E-state index in [1.165, 1.54) is 25.7 Å². The fourth-order valence-corrected chi connectivity index (χ4v) is 3.14. The Hall–Kier alpha value is -0.630. The van der Waals surface area contributed by atoms with Crippen LogP contribution in [0.3, 0.4) is 0 Å². The molecule has 1 aromatic carbocycles. The molecule has 2 rings (SSSR count). The molecule has 0 heterocycles. The Labute approximate surface area is 112 Å². The van der Waals surface area contributed by atoms with Gasteiger partial charge in [0.1, 0.15) is 0 Å². The summed E-state index contributed by atoms with van der Waals surface area (Å²) >= 11 is 3.44. The van der Waals surface area contributed by atoms with Crippen molar-refractivity contribution in [1.82, 2.24) is 0 Å². The van der Waals surface area contributed by atoms with Gasteiger partial charge in [0, 0.05) is 16.0 Å². The zero-order valence-corrected chi connectivity index (χ0v) is 11.9. The quantitative estimate of drug-likeness (QED) is 0.559. The lowest BCUT2D eigenvalue weighted by Crippen LogP contribution is -2.15. The molecule has 0 bridgehead atoms. The Balaban J connectivity index is 2.17. The number of carbonyl (C=O) groups is 1. The molecule has 1 saturated carbocycles. The molecule has 92 valence electrons. The first-order chi connectivity index (χ1) is 8.18. The third-order valence-electron chi connectivity index (χ3n) is 3.68. The van der Waals surface area contributed by atoms with Gasteiger partial charge in [0.15, 0.2) is 5.78 Å². The van der Waals surface area contributed by atoms with Crippen LogP contribution in [0.25, 0.3) is 0 Å². The Morgan fingerprint density at radius 1 is 1.18 bits per heavy atom. The minimum atomic E-state index is 0.261. The van der Waals surface area contributed by atoms with Gasteiger partial charge in [-0.2, -0.15) is 0 Å². The van der Waals surface area contributed by atoms with E-state index >= 15 is 0 Å². The van der Waals surface area contributed by atoms with Crippen LogP contribution in [0, 0.1) is 12.8 Å². The van der Waals surface area contributed by atoms with Crippen LogP contribution in [0.2, 0.25) is 0 Å². The zero-order chi connectivity index (χ0) is 12.3. The van der Waals surface area contributed by atoms with Crippen LogP contribution < -0.4 is 0 Å². The molecule has 0 radical (unpaired) electrons. The highest BCUT2D eigenvalue weighted by atomic mass is 79.9. The van der Waals surface area contributed by atoms with E-state index < -0.39 is 0 Å². The second-order valence-electron chi connectivity index (χ2n) is 5.01. The predicted molar refractivity (Wildman–Crippen MR) is 74.4 cm³/mol. The second-order valence-corrected chi connectivity index (χ2v) is 5.93. The number of benzene rings is 1. The van der Waals surface area contributed by atoms with E-state index in [2.05, 4.69) is 15.9 Å². The number of rotatable bonds is 2. The van der Waals surface area contributed by atoms with Gasteiger partial charge in [-0.05, 0) is 37.5 Å². The third kappa shape index (κ3) is 3.19. The van der Waals surface area contributed by atoms with Crippen LogP contribution in [-0.4, -0.2) is 5.78 Å². The van der Waals surface area contributed by atoms with Gasteiger partial charge >= 0.3 is 0 Å². The van der Waals surface area contributed by atoms with Gasteiger partial charge in [-0.1, -0.05) is 47.7 Å². The van der Waals surface area contributed by atoms with Gasteiger partial charge in [-0.25, -0.2) is 0 Å². The molecule has 0 N–H and O–H groups in total. The van der Waals surface area contributed by atoms with Crippen molar-refractivity contribution < 1.29 is 4.79 Å². The van der Waals surface area contributed by atoms with Crippen molar-refractivity contribution in [3.8, 4) is 0 Å². The fraction of sp³-hybridized carbons (Fsp3) is 0.533. The Bertz CT molecular complexity index is 403. The lowest BCUT2D eigenvalue weighted by atomic mass is 9.89. The van der Waals surface area contributed by atoms with Gasteiger partial charge in [0.05, 0.1) is 0 Å². The Morgan fingerprint density at radius 2 is 1.82 bits per heavy atom. The van der Waals surface area contributed by atoms with E-state index in [9.17, 15) is 4.79 Å². The molecule has 1 aromatic rings. The van der Waals surface area contributed by atoms with Gasteiger partial charge in [-0.15, -0.1) is 0 Å². The molecule has 1 nitrogen and oxygen atoms in total. The molecular formula is C15H19BrO. The van der Waals surface area contributed by atoms with Gasteiger partial charge in [-0.3, -0.25) is 4.79 Å². The molecule has 17 heavy (non-hydrogen) atoms. The second kappa shape index (κ2) is 5.81. The smallest absolute Gasteiger partial charge is 0.166 e. The van der Waals surface area contributed by atoms with E-state index in [0.717, 1.165) is 28.4 Å². The van der Waals surface area contributed by atoms with Crippen molar-refractivity contribution >= 4 is 21.7 Å². The topological polar surface area (TPSA) is 17.1 Å². The molecule has 0 aliphatic heterocycles. The molecule has 0 spiro atoms. The van der Waals surface area contributed by atoms with E-state index in [1.54, 1.807) is 0 Å². The SMILES string of the molecule is Cc1cc(Br)ccc1C(=O)C1CCCCCC1. The first-order valence-electron chi connectivity index (χ1n) is 6.49. The average Bonchev–Trinajstić information content (AvgIpc) is 2.56. The maximum absolute atomic E-state index is 12.5. The Morgan fingerprint density at radius 3 is 2.41 bits per heavy atom. The largest absolute Gasteiger partial charge is 0.294 e. The predicted octanol–water partition coefficient (Wildman–Crippen LogP) is 4.91. The third-order valence-corrected chi connectivity index (χ3v) is 4.17. The summed E-state index contributed by atoms with van der Waals surface area (Å²) in [5.74, 6) is 0.620. The molecular weight excluding hydrogens is 276 g/mol. The summed E-state index contributed by atoms with van der Waals surface area (Å²) in [4.78, 5) is 12.5. The number of carbonyl (C=O) groups excluding carboxylic acids is 1. The first kappa shape index (κ1) is 12.8. The van der Waals surface area contributed by atoms with Crippen LogP contribution in [0.15, 0.2) is 22.7 Å². The summed E-state index contributed by atoms with van der Waals surface area (Å²) in [5, 5.41) is 0. The standard InChI is InChI=1S/C15H19BrO/c1-11-10-13(16)8-9-14(11)15(17)12-6-4-2-3-5-7-12/h8-10,12H,2-7H2,1H3. The number of halogens is 1. The maximum Gasteiger partial charge on any atom is 0.166 e. The highest BCUT2D eigenvalue weighted by Gasteiger charge is 2.22. The van der Waals surface area contributed by atoms with Crippen molar-refractivity contribution in [2.45, 2.75) is 45.4 Å². The van der Waals surface area contributed by atoms with Crippen LogP contribution in [-0.2, 0) is 0 Å². The normalized spacial score (nSPS) is 17.8. The van der Waals surface area contributed by atoms with E-state index in [4.69, 9.17) is 0 Å². The summed E-state index contributed by atoms with van der Waals surface area (Å²) in [5.41, 5.74) is 2.01. The molecule has 0 amide bonds. The maximum atomic E-state index is 12.5. The fourth-order valence-electron chi connectivity index (χ4n) is 2.67. The van der Waals surface area contributed by atoms with Crippen molar-refractivity contribution in [2.75, 3.05) is 0 Å². The number of aryl methyl sites for hydroxylation is 1. The Kier molecular flexibility index (Phi) is 4.38. The minimum Gasteiger partial charge on any atom is -0.294 e. The number of Topliss-reactive ketones (excluding diaryl/α,β-unsaturated/α-hetero) is 1. The number of hydrogen-bond acceptors (Lipinski definition) is 1. The molecule has 1 aliphatic rings. The molecule has 1 fully saturated rings. The monoisotopic (exact) mass is 294 g/mol. The highest BCUT2D eigenvalue weighted by molar-refractivity contribution is 9.10. The van der Waals surface area contributed by atoms with E-state index in [0.29, 0.717) is 5.78 Å². The van der Waals surface area contributed by atoms with Crippen LogP contribution in [0.5, 0.6) is 0 Å². The molecule has 0 atom stereocenters. The highest BCUT2D eigenvalue weighted by Crippen LogP contribution is 2.27. The summed E-state index contributed by atoms with van der Waals surface area (Å²) in [6.45, 7) is 2.02. The lowest BCUT2D eigenvalue weighted by Gasteiger charge is -2.14. The summed E-state index contributed by atoms with van der Waals surface area (Å²) in [6.07, 6.45) is 7.17. The van der Waals surface area contributed by atoms with E-state index in [-0.39, 0.29) is 5.92 Å². The average molecular weight is 295 g/mol. The van der Waals surface area contributed by atoms with Crippen molar-refractivity contribution in [3.05, 3.63) is 33.8 Å². The van der Waals surface area contributed by atoms with Crippen molar-refractivity contribution in [2.24, 2.45) is 5.92 Å². The van der Waals surface area contributed by atoms with Gasteiger partial charge < -0.3 is 0 Å². The molecule has 0 aromatic heterocycles. The first-order valence-corrected chi connectivity index (χ1v) is 7.28. The summed E-state index contributed by atoms with van der Waals surface area (Å²) in [7, 11) is 0. The van der Waals surface area contributed by atoms with Crippen LogP contribution >= 0.6 is 15.9 Å². The summed E-state index contributed by atoms with van der Waals surface area (Å²) < 4.78 is 1.05. The molecule has 0 unspecified atom stereocenters. The van der Waals surface area contributed by atoms with Crippen molar-refractivity contribution in [1.29, 1.82) is 0 Å². The van der Waals surface area contributed by atoms with Gasteiger partial charge in [0.25, 0.3) is 0 Å². The molecule has 2 heteroatoms. The lowest BCUT2D eigenvalue weighted by molar-refractivity contribution is 0.0907. The number of hydrogen-bond donors (Lipinski definition) is 0. The van der Waals surface area contributed by atoms with E-state index in [1.807, 2.05) is 25.1 Å². The van der Waals surface area contributed by atoms with Crippen LogP contribution in [0.1, 0.15) is 54.4 Å².